The Morgan fingerprint density at radius 2 is 0.979 bits per heavy atom. The van der Waals surface area contributed by atoms with Crippen LogP contribution in [-0.4, -0.2) is 84.4 Å². The molecule has 0 aromatic heterocycles. The van der Waals surface area contributed by atoms with Gasteiger partial charge in [-0.2, -0.15) is 0 Å². The van der Waals surface area contributed by atoms with Gasteiger partial charge in [0.2, 0.25) is 0 Å². The van der Waals surface area contributed by atoms with Gasteiger partial charge in [-0.05, 0) is 51.5 Å². The molecule has 1 rings (SSSR count). The van der Waals surface area contributed by atoms with E-state index in [0.717, 1.165) is 90.3 Å². The van der Waals surface area contributed by atoms with Crippen molar-refractivity contribution in [1.29, 1.82) is 0 Å². The van der Waals surface area contributed by atoms with Gasteiger partial charge in [0.25, 0.3) is 0 Å². The fraction of sp³-hybridized carbons (Fsp3) is 0.950. The lowest BCUT2D eigenvalue weighted by atomic mass is 10.0. The number of hydrogen-bond acceptors (Lipinski definition) is 7. The summed E-state index contributed by atoms with van der Waals surface area (Å²) in [5, 5.41) is 9.96. The van der Waals surface area contributed by atoms with Crippen LogP contribution in [0.5, 0.6) is 0 Å². The summed E-state index contributed by atoms with van der Waals surface area (Å²) in [6.07, 6.45) is 26.9. The van der Waals surface area contributed by atoms with Gasteiger partial charge in [-0.1, -0.05) is 143 Å². The lowest BCUT2D eigenvalue weighted by Gasteiger charge is -2.37. The zero-order chi connectivity index (χ0) is 34.4. The summed E-state index contributed by atoms with van der Waals surface area (Å²) in [7, 11) is 0. The molecule has 278 valence electrons. The summed E-state index contributed by atoms with van der Waals surface area (Å²) in [4.78, 5) is 32.1. The molecule has 1 aliphatic rings. The van der Waals surface area contributed by atoms with Crippen molar-refractivity contribution in [3.63, 3.8) is 0 Å². The van der Waals surface area contributed by atoms with E-state index in [1.165, 1.54) is 77.0 Å². The van der Waals surface area contributed by atoms with Crippen molar-refractivity contribution in [2.24, 2.45) is 0 Å². The summed E-state index contributed by atoms with van der Waals surface area (Å²) < 4.78 is 11.9. The molecule has 7 nitrogen and oxygen atoms in total. The van der Waals surface area contributed by atoms with E-state index in [1.54, 1.807) is 0 Å². The van der Waals surface area contributed by atoms with Crippen LogP contribution in [0.2, 0.25) is 0 Å². The first-order valence-corrected chi connectivity index (χ1v) is 20.5. The predicted octanol–water partition coefficient (Wildman–Crippen LogP) is 9.62. The maximum absolute atomic E-state index is 13.8. The number of unbranched alkanes of at least 4 members (excludes halogenated alkanes) is 16. The predicted molar refractivity (Wildman–Crippen MR) is 197 cm³/mol. The monoisotopic (exact) mass is 667 g/mol. The van der Waals surface area contributed by atoms with Crippen molar-refractivity contribution in [2.45, 2.75) is 206 Å². The molecule has 0 aromatic carbocycles. The van der Waals surface area contributed by atoms with Crippen LogP contribution in [0.15, 0.2) is 0 Å². The summed E-state index contributed by atoms with van der Waals surface area (Å²) in [6.45, 7) is 13.1. The summed E-state index contributed by atoms with van der Waals surface area (Å²) in [5.41, 5.74) is 0. The zero-order valence-corrected chi connectivity index (χ0v) is 31.6. The van der Waals surface area contributed by atoms with E-state index in [-0.39, 0.29) is 18.0 Å². The summed E-state index contributed by atoms with van der Waals surface area (Å²) >= 11 is 0. The lowest BCUT2D eigenvalue weighted by molar-refractivity contribution is -0.158. The van der Waals surface area contributed by atoms with Crippen molar-refractivity contribution in [3.8, 4) is 0 Å². The van der Waals surface area contributed by atoms with Crippen LogP contribution in [0.25, 0.3) is 0 Å². The van der Waals surface area contributed by atoms with Crippen LogP contribution >= 0.6 is 0 Å². The number of rotatable bonds is 32. The van der Waals surface area contributed by atoms with E-state index in [4.69, 9.17) is 9.47 Å². The number of likely N-dealkylation sites (tertiary alicyclic amines) is 1. The molecule has 1 aliphatic heterocycles. The molecule has 1 heterocycles. The average molecular weight is 667 g/mol. The molecule has 0 amide bonds. The van der Waals surface area contributed by atoms with Gasteiger partial charge in [0.05, 0.1) is 19.3 Å². The van der Waals surface area contributed by atoms with Crippen LogP contribution in [0.3, 0.4) is 0 Å². The van der Waals surface area contributed by atoms with Crippen LogP contribution < -0.4 is 0 Å². The molecule has 1 saturated heterocycles. The molecular formula is C40H78N2O5. The first-order valence-electron chi connectivity index (χ1n) is 20.5. The standard InChI is InChI=1S/C40H78N2O5/c1-5-9-13-15-17-19-21-23-34-46-39(44)37(26-11-7-3)42(31-25-30-41-32-28-36(43)29-33-41)38(27-12-8-4)40(45)47-35-24-22-20-18-16-14-10-6-2/h36-38,43H,5-35H2,1-4H3. The average Bonchev–Trinajstić information content (AvgIpc) is 3.07. The van der Waals surface area contributed by atoms with Crippen LogP contribution in [-0.2, 0) is 19.1 Å². The molecule has 0 bridgehead atoms. The van der Waals surface area contributed by atoms with Crippen molar-refractivity contribution in [3.05, 3.63) is 0 Å². The van der Waals surface area contributed by atoms with E-state index in [1.807, 2.05) is 0 Å². The molecule has 0 aliphatic carbocycles. The fourth-order valence-electron chi connectivity index (χ4n) is 6.79. The number of aliphatic hydroxyl groups excluding tert-OH is 1. The highest BCUT2D eigenvalue weighted by Gasteiger charge is 2.36. The lowest BCUT2D eigenvalue weighted by Crippen LogP contribution is -2.52. The Bertz CT molecular complexity index is 681. The molecular weight excluding hydrogens is 588 g/mol. The molecule has 0 radical (unpaired) electrons. The van der Waals surface area contributed by atoms with E-state index in [9.17, 15) is 14.7 Å². The second-order valence-corrected chi connectivity index (χ2v) is 14.3. The summed E-state index contributed by atoms with van der Waals surface area (Å²) in [5.74, 6) is -0.334. The smallest absolute Gasteiger partial charge is 0.323 e. The SMILES string of the molecule is CCCCCCCCCCOC(=O)C(CCCC)N(CCCN1CCC(O)CC1)C(CCCC)C(=O)OCCCCCCCCCC. The van der Waals surface area contributed by atoms with Crippen molar-refractivity contribution >= 4 is 11.9 Å². The topological polar surface area (TPSA) is 79.3 Å². The Labute approximate surface area is 291 Å². The number of aliphatic hydroxyl groups is 1. The van der Waals surface area contributed by atoms with E-state index in [0.29, 0.717) is 32.6 Å². The van der Waals surface area contributed by atoms with Gasteiger partial charge in [-0.15, -0.1) is 0 Å². The highest BCUT2D eigenvalue weighted by atomic mass is 16.5. The minimum Gasteiger partial charge on any atom is -0.465 e. The number of carbonyl (C=O) groups excluding carboxylic acids is 2. The number of piperidine rings is 1. The van der Waals surface area contributed by atoms with E-state index in [2.05, 4.69) is 37.5 Å². The van der Waals surface area contributed by atoms with Gasteiger partial charge in [0.15, 0.2) is 0 Å². The Morgan fingerprint density at radius 3 is 1.38 bits per heavy atom. The number of nitrogens with zero attached hydrogens (tertiary/aromatic N) is 2. The highest BCUT2D eigenvalue weighted by molar-refractivity contribution is 5.79. The van der Waals surface area contributed by atoms with Gasteiger partial charge < -0.3 is 19.5 Å². The van der Waals surface area contributed by atoms with Gasteiger partial charge in [-0.25, -0.2) is 0 Å². The van der Waals surface area contributed by atoms with Gasteiger partial charge in [-0.3, -0.25) is 14.5 Å². The number of ether oxygens (including phenoxy) is 2. The van der Waals surface area contributed by atoms with Gasteiger partial charge in [0.1, 0.15) is 12.1 Å². The molecule has 2 atom stereocenters. The largest absolute Gasteiger partial charge is 0.465 e. The van der Waals surface area contributed by atoms with Crippen molar-refractivity contribution in [2.75, 3.05) is 39.4 Å². The van der Waals surface area contributed by atoms with E-state index >= 15 is 0 Å². The minimum absolute atomic E-state index is 0.167. The maximum Gasteiger partial charge on any atom is 0.323 e. The zero-order valence-electron chi connectivity index (χ0n) is 31.6. The van der Waals surface area contributed by atoms with Crippen LogP contribution in [0, 0.1) is 0 Å². The van der Waals surface area contributed by atoms with Gasteiger partial charge >= 0.3 is 11.9 Å². The Balaban J connectivity index is 2.88. The third kappa shape index (κ3) is 22.2. The molecule has 0 spiro atoms. The molecule has 0 saturated carbocycles. The maximum atomic E-state index is 13.8. The van der Waals surface area contributed by atoms with Crippen molar-refractivity contribution < 1.29 is 24.2 Å². The van der Waals surface area contributed by atoms with Gasteiger partial charge in [0, 0.05) is 19.6 Å². The first kappa shape index (κ1) is 43.8. The number of carbonyl (C=O) groups is 2. The highest BCUT2D eigenvalue weighted by Crippen LogP contribution is 2.22. The van der Waals surface area contributed by atoms with Crippen LogP contribution in [0.4, 0.5) is 0 Å². The molecule has 47 heavy (non-hydrogen) atoms. The molecule has 1 N–H and O–H groups in total. The second kappa shape index (κ2) is 30.8. The van der Waals surface area contributed by atoms with E-state index < -0.39 is 12.1 Å². The Hall–Kier alpha value is -1.18. The normalized spacial score (nSPS) is 15.6. The van der Waals surface area contributed by atoms with Crippen LogP contribution in [0.1, 0.15) is 188 Å². The van der Waals surface area contributed by atoms with Crippen molar-refractivity contribution in [1.82, 2.24) is 9.80 Å². The Morgan fingerprint density at radius 1 is 0.596 bits per heavy atom. The number of hydrogen-bond donors (Lipinski definition) is 1. The molecule has 7 heteroatoms. The fourth-order valence-corrected chi connectivity index (χ4v) is 6.79. The molecule has 2 unspecified atom stereocenters. The third-order valence-electron chi connectivity index (χ3n) is 9.94. The number of esters is 2. The quantitative estimate of drug-likeness (QED) is 0.0566. The third-order valence-corrected chi connectivity index (χ3v) is 9.94. The second-order valence-electron chi connectivity index (χ2n) is 14.3. The first-order chi connectivity index (χ1) is 23.0. The Kier molecular flexibility index (Phi) is 28.8. The molecule has 0 aromatic rings. The summed E-state index contributed by atoms with van der Waals surface area (Å²) in [6, 6.07) is -0.852. The molecule has 1 fully saturated rings. The minimum atomic E-state index is -0.426.